The molecule has 1 heterocycles. The van der Waals surface area contributed by atoms with E-state index in [0.717, 1.165) is 41.9 Å². The zero-order chi connectivity index (χ0) is 21.8. The van der Waals surface area contributed by atoms with Crippen molar-refractivity contribution >= 4 is 27.5 Å². The number of anilines is 1. The van der Waals surface area contributed by atoms with Crippen molar-refractivity contribution in [2.24, 2.45) is 0 Å². The average molecular weight is 478 g/mol. The second kappa shape index (κ2) is 9.67. The molecule has 3 aromatic carbocycles. The molecule has 1 aliphatic heterocycles. The van der Waals surface area contributed by atoms with Gasteiger partial charge in [-0.3, -0.25) is 9.69 Å². The molecule has 31 heavy (non-hydrogen) atoms. The first kappa shape index (κ1) is 21.6. The molecule has 1 amide bonds. The van der Waals surface area contributed by atoms with E-state index >= 15 is 0 Å². The molecule has 4 rings (SSSR count). The zero-order valence-corrected chi connectivity index (χ0v) is 19.6. The summed E-state index contributed by atoms with van der Waals surface area (Å²) in [5.74, 6) is 0.116. The first-order chi connectivity index (χ1) is 15.0. The molecule has 0 N–H and O–H groups in total. The third kappa shape index (κ3) is 5.00. The van der Waals surface area contributed by atoms with E-state index in [1.54, 1.807) is 0 Å². The van der Waals surface area contributed by atoms with Crippen LogP contribution >= 0.6 is 15.9 Å². The quantitative estimate of drug-likeness (QED) is 0.513. The Morgan fingerprint density at radius 1 is 0.806 bits per heavy atom. The molecule has 1 unspecified atom stereocenters. The summed E-state index contributed by atoms with van der Waals surface area (Å²) in [5, 5.41) is 0. The van der Waals surface area contributed by atoms with E-state index in [-0.39, 0.29) is 11.9 Å². The van der Waals surface area contributed by atoms with Gasteiger partial charge in [0, 0.05) is 56.0 Å². The Bertz CT molecular complexity index is 995. The highest BCUT2D eigenvalue weighted by Gasteiger charge is 2.28. The standard InChI is InChI=1S/C26H28BrN3O/c1-28(2)24-14-10-22(11-15-24)26(31)30-18-16-29(17-19-30)25(20-6-4-3-5-7-20)21-8-12-23(27)13-9-21/h3-15,25H,16-19H2,1-2H3. The number of carbonyl (C=O) groups is 1. The monoisotopic (exact) mass is 477 g/mol. The van der Waals surface area contributed by atoms with Crippen LogP contribution in [-0.2, 0) is 0 Å². The molecule has 3 aromatic rings. The highest BCUT2D eigenvalue weighted by molar-refractivity contribution is 9.10. The molecule has 1 aliphatic rings. The van der Waals surface area contributed by atoms with Crippen molar-refractivity contribution in [3.8, 4) is 0 Å². The van der Waals surface area contributed by atoms with Crippen molar-refractivity contribution < 1.29 is 4.79 Å². The Morgan fingerprint density at radius 3 is 1.97 bits per heavy atom. The lowest BCUT2D eigenvalue weighted by atomic mass is 9.96. The number of carbonyl (C=O) groups excluding carboxylic acids is 1. The number of hydrogen-bond acceptors (Lipinski definition) is 3. The Balaban J connectivity index is 1.48. The Labute approximate surface area is 193 Å². The predicted octanol–water partition coefficient (Wildman–Crippen LogP) is 5.06. The Kier molecular flexibility index (Phi) is 6.73. The number of rotatable bonds is 5. The Hall–Kier alpha value is -2.63. The molecular weight excluding hydrogens is 450 g/mol. The summed E-state index contributed by atoms with van der Waals surface area (Å²) >= 11 is 3.54. The molecule has 160 valence electrons. The van der Waals surface area contributed by atoms with Gasteiger partial charge in [-0.25, -0.2) is 0 Å². The average Bonchev–Trinajstić information content (AvgIpc) is 2.81. The normalized spacial score (nSPS) is 15.5. The zero-order valence-electron chi connectivity index (χ0n) is 18.0. The van der Waals surface area contributed by atoms with Crippen LogP contribution in [0.15, 0.2) is 83.3 Å². The maximum absolute atomic E-state index is 13.0. The molecule has 0 saturated carbocycles. The van der Waals surface area contributed by atoms with Crippen molar-refractivity contribution in [2.45, 2.75) is 6.04 Å². The highest BCUT2D eigenvalue weighted by Crippen LogP contribution is 2.30. The first-order valence-corrected chi connectivity index (χ1v) is 11.4. The van der Waals surface area contributed by atoms with Gasteiger partial charge < -0.3 is 9.80 Å². The van der Waals surface area contributed by atoms with Gasteiger partial charge >= 0.3 is 0 Å². The maximum Gasteiger partial charge on any atom is 0.253 e. The minimum atomic E-state index is 0.116. The fourth-order valence-corrected chi connectivity index (χ4v) is 4.43. The maximum atomic E-state index is 13.0. The molecule has 4 nitrogen and oxygen atoms in total. The molecule has 0 aliphatic carbocycles. The summed E-state index contributed by atoms with van der Waals surface area (Å²) in [4.78, 5) is 19.5. The van der Waals surface area contributed by atoms with Crippen LogP contribution in [0.4, 0.5) is 5.69 Å². The minimum absolute atomic E-state index is 0.116. The van der Waals surface area contributed by atoms with Gasteiger partial charge in [-0.05, 0) is 47.5 Å². The van der Waals surface area contributed by atoms with Gasteiger partial charge in [0.25, 0.3) is 5.91 Å². The lowest BCUT2D eigenvalue weighted by Crippen LogP contribution is -2.49. The topological polar surface area (TPSA) is 26.8 Å². The number of nitrogens with zero attached hydrogens (tertiary/aromatic N) is 3. The van der Waals surface area contributed by atoms with Gasteiger partial charge in [-0.15, -0.1) is 0 Å². The van der Waals surface area contributed by atoms with Gasteiger partial charge in [-0.1, -0.05) is 58.4 Å². The van der Waals surface area contributed by atoms with E-state index in [0.29, 0.717) is 0 Å². The SMILES string of the molecule is CN(C)c1ccc(C(=O)N2CCN(C(c3ccccc3)c3ccc(Br)cc3)CC2)cc1. The molecule has 1 atom stereocenters. The third-order valence-electron chi connectivity index (χ3n) is 5.90. The first-order valence-electron chi connectivity index (χ1n) is 10.6. The minimum Gasteiger partial charge on any atom is -0.378 e. The summed E-state index contributed by atoms with van der Waals surface area (Å²) in [6.45, 7) is 3.15. The fourth-order valence-electron chi connectivity index (χ4n) is 4.16. The van der Waals surface area contributed by atoms with Gasteiger partial charge in [0.1, 0.15) is 0 Å². The molecule has 0 radical (unpaired) electrons. The van der Waals surface area contributed by atoms with E-state index in [1.807, 2.05) is 48.2 Å². The van der Waals surface area contributed by atoms with Crippen LogP contribution in [0.1, 0.15) is 27.5 Å². The van der Waals surface area contributed by atoms with Crippen LogP contribution in [0.2, 0.25) is 0 Å². The van der Waals surface area contributed by atoms with Crippen molar-refractivity contribution in [1.29, 1.82) is 0 Å². The van der Waals surface area contributed by atoms with Crippen LogP contribution in [0, 0.1) is 0 Å². The van der Waals surface area contributed by atoms with E-state index in [9.17, 15) is 4.79 Å². The van der Waals surface area contributed by atoms with Crippen molar-refractivity contribution in [1.82, 2.24) is 9.80 Å². The second-order valence-corrected chi connectivity index (χ2v) is 9.05. The molecule has 1 saturated heterocycles. The lowest BCUT2D eigenvalue weighted by molar-refractivity contribution is 0.0597. The number of hydrogen-bond donors (Lipinski definition) is 0. The summed E-state index contributed by atoms with van der Waals surface area (Å²) in [6, 6.07) is 27.2. The van der Waals surface area contributed by atoms with Crippen LogP contribution < -0.4 is 4.90 Å². The molecule has 5 heteroatoms. The summed E-state index contributed by atoms with van der Waals surface area (Å²) in [5.41, 5.74) is 4.41. The van der Waals surface area contributed by atoms with Gasteiger partial charge in [-0.2, -0.15) is 0 Å². The largest absolute Gasteiger partial charge is 0.378 e. The number of amides is 1. The van der Waals surface area contributed by atoms with Crippen LogP contribution in [0.3, 0.4) is 0 Å². The molecular formula is C26H28BrN3O. The van der Waals surface area contributed by atoms with Crippen LogP contribution in [-0.4, -0.2) is 56.0 Å². The third-order valence-corrected chi connectivity index (χ3v) is 6.43. The molecule has 1 fully saturated rings. The summed E-state index contributed by atoms with van der Waals surface area (Å²) in [7, 11) is 4.01. The summed E-state index contributed by atoms with van der Waals surface area (Å²) in [6.07, 6.45) is 0. The lowest BCUT2D eigenvalue weighted by Gasteiger charge is -2.40. The number of halogens is 1. The van der Waals surface area contributed by atoms with Gasteiger partial charge in [0.2, 0.25) is 0 Å². The van der Waals surface area contributed by atoms with Crippen LogP contribution in [0.5, 0.6) is 0 Å². The Morgan fingerprint density at radius 2 is 1.39 bits per heavy atom. The van der Waals surface area contributed by atoms with Crippen LogP contribution in [0.25, 0.3) is 0 Å². The van der Waals surface area contributed by atoms with Crippen molar-refractivity contribution in [2.75, 3.05) is 45.2 Å². The van der Waals surface area contributed by atoms with E-state index in [1.165, 1.54) is 11.1 Å². The van der Waals surface area contributed by atoms with E-state index in [4.69, 9.17) is 0 Å². The van der Waals surface area contributed by atoms with Crippen molar-refractivity contribution in [3.05, 3.63) is 100 Å². The predicted molar refractivity (Wildman–Crippen MR) is 131 cm³/mol. The smallest absolute Gasteiger partial charge is 0.253 e. The fraction of sp³-hybridized carbons (Fsp3) is 0.269. The van der Waals surface area contributed by atoms with Crippen molar-refractivity contribution in [3.63, 3.8) is 0 Å². The molecule has 0 aromatic heterocycles. The molecule has 0 bridgehead atoms. The number of piperazine rings is 1. The molecule has 0 spiro atoms. The highest BCUT2D eigenvalue weighted by atomic mass is 79.9. The van der Waals surface area contributed by atoms with Gasteiger partial charge in [0.05, 0.1) is 6.04 Å². The van der Waals surface area contributed by atoms with E-state index in [2.05, 4.69) is 75.4 Å². The number of benzene rings is 3. The van der Waals surface area contributed by atoms with E-state index < -0.39 is 0 Å². The summed E-state index contributed by atoms with van der Waals surface area (Å²) < 4.78 is 1.08. The van der Waals surface area contributed by atoms with Gasteiger partial charge in [0.15, 0.2) is 0 Å². The second-order valence-electron chi connectivity index (χ2n) is 8.13.